The molecule has 0 amide bonds. The molecule has 3 heteroatoms. The Hall–Kier alpha value is -1.61. The van der Waals surface area contributed by atoms with E-state index in [0.717, 1.165) is 30.0 Å². The summed E-state index contributed by atoms with van der Waals surface area (Å²) in [6.07, 6.45) is 2.22. The number of thioether (sulfide) groups is 1. The fourth-order valence-corrected chi connectivity index (χ4v) is 2.92. The van der Waals surface area contributed by atoms with E-state index >= 15 is 0 Å². The monoisotopic (exact) mass is 272 g/mol. The average Bonchev–Trinajstić information content (AvgIpc) is 2.40. The standard InChI is InChI=1S/C16H20N2S/c1-12-4-9-15(18)16(11-12)19-10-2-3-13-5-7-14(17)8-6-13/h4-9,11H,2-3,10,17-18H2,1H3. The van der Waals surface area contributed by atoms with Gasteiger partial charge in [-0.25, -0.2) is 0 Å². The molecule has 0 spiro atoms. The first kappa shape index (κ1) is 13.8. The van der Waals surface area contributed by atoms with Gasteiger partial charge in [0.25, 0.3) is 0 Å². The predicted molar refractivity (Wildman–Crippen MR) is 85.5 cm³/mol. The number of nitrogen functional groups attached to an aromatic ring is 2. The number of anilines is 2. The molecule has 0 heterocycles. The fraction of sp³-hybridized carbons (Fsp3) is 0.250. The smallest absolute Gasteiger partial charge is 0.0452 e. The maximum Gasteiger partial charge on any atom is 0.0452 e. The van der Waals surface area contributed by atoms with E-state index in [1.54, 1.807) is 0 Å². The zero-order valence-corrected chi connectivity index (χ0v) is 12.0. The molecule has 2 aromatic rings. The van der Waals surface area contributed by atoms with Crippen LogP contribution in [0.25, 0.3) is 0 Å². The van der Waals surface area contributed by atoms with Gasteiger partial charge in [-0.3, -0.25) is 0 Å². The van der Waals surface area contributed by atoms with Crippen LogP contribution in [0.2, 0.25) is 0 Å². The summed E-state index contributed by atoms with van der Waals surface area (Å²) in [5.41, 5.74) is 15.9. The van der Waals surface area contributed by atoms with Crippen LogP contribution in [0.15, 0.2) is 47.4 Å². The van der Waals surface area contributed by atoms with Crippen LogP contribution in [0.1, 0.15) is 17.5 Å². The van der Waals surface area contributed by atoms with Crippen LogP contribution in [0.5, 0.6) is 0 Å². The van der Waals surface area contributed by atoms with Crippen molar-refractivity contribution in [1.82, 2.24) is 0 Å². The van der Waals surface area contributed by atoms with Crippen molar-refractivity contribution in [2.75, 3.05) is 17.2 Å². The number of rotatable bonds is 5. The van der Waals surface area contributed by atoms with E-state index in [2.05, 4.69) is 25.1 Å². The van der Waals surface area contributed by atoms with Crippen LogP contribution in [-0.4, -0.2) is 5.75 Å². The van der Waals surface area contributed by atoms with Crippen molar-refractivity contribution in [1.29, 1.82) is 0 Å². The third-order valence-corrected chi connectivity index (χ3v) is 4.17. The first-order valence-electron chi connectivity index (χ1n) is 6.48. The van der Waals surface area contributed by atoms with Crippen molar-refractivity contribution in [3.8, 4) is 0 Å². The molecule has 2 rings (SSSR count). The summed E-state index contributed by atoms with van der Waals surface area (Å²) in [4.78, 5) is 1.19. The number of hydrogen-bond acceptors (Lipinski definition) is 3. The van der Waals surface area contributed by atoms with Gasteiger partial charge in [-0.2, -0.15) is 0 Å². The molecule has 0 aromatic heterocycles. The second kappa shape index (κ2) is 6.53. The van der Waals surface area contributed by atoms with Gasteiger partial charge in [0.05, 0.1) is 0 Å². The summed E-state index contributed by atoms with van der Waals surface area (Å²) in [6, 6.07) is 14.3. The molecule has 0 aliphatic heterocycles. The van der Waals surface area contributed by atoms with Gasteiger partial charge >= 0.3 is 0 Å². The number of nitrogens with two attached hydrogens (primary N) is 2. The molecule has 0 fully saturated rings. The Morgan fingerprint density at radius 3 is 2.47 bits per heavy atom. The zero-order valence-electron chi connectivity index (χ0n) is 11.2. The molecule has 19 heavy (non-hydrogen) atoms. The van der Waals surface area contributed by atoms with Gasteiger partial charge in [-0.05, 0) is 60.9 Å². The van der Waals surface area contributed by atoms with Crippen molar-refractivity contribution >= 4 is 23.1 Å². The van der Waals surface area contributed by atoms with E-state index in [9.17, 15) is 0 Å². The summed E-state index contributed by atoms with van der Waals surface area (Å²) in [7, 11) is 0. The normalized spacial score (nSPS) is 10.6. The second-order valence-electron chi connectivity index (χ2n) is 4.73. The van der Waals surface area contributed by atoms with E-state index in [1.165, 1.54) is 16.0 Å². The molecule has 0 radical (unpaired) electrons. The van der Waals surface area contributed by atoms with Crippen LogP contribution in [0.3, 0.4) is 0 Å². The lowest BCUT2D eigenvalue weighted by atomic mass is 10.1. The summed E-state index contributed by atoms with van der Waals surface area (Å²) in [5, 5.41) is 0. The maximum absolute atomic E-state index is 5.96. The SMILES string of the molecule is Cc1ccc(N)c(SCCCc2ccc(N)cc2)c1. The highest BCUT2D eigenvalue weighted by atomic mass is 32.2. The molecule has 0 saturated carbocycles. The van der Waals surface area contributed by atoms with Crippen molar-refractivity contribution in [3.05, 3.63) is 53.6 Å². The largest absolute Gasteiger partial charge is 0.399 e. The molecule has 0 bridgehead atoms. The highest BCUT2D eigenvalue weighted by Gasteiger charge is 2.00. The molecule has 100 valence electrons. The van der Waals surface area contributed by atoms with Gasteiger partial charge in [0, 0.05) is 16.3 Å². The minimum atomic E-state index is 0.825. The van der Waals surface area contributed by atoms with Crippen molar-refractivity contribution in [2.24, 2.45) is 0 Å². The molecule has 0 aliphatic rings. The topological polar surface area (TPSA) is 52.0 Å². The molecule has 0 atom stereocenters. The molecule has 0 saturated heterocycles. The van der Waals surface area contributed by atoms with E-state index in [0.29, 0.717) is 0 Å². The van der Waals surface area contributed by atoms with E-state index in [-0.39, 0.29) is 0 Å². The lowest BCUT2D eigenvalue weighted by molar-refractivity contribution is 0.933. The lowest BCUT2D eigenvalue weighted by Crippen LogP contribution is -1.92. The van der Waals surface area contributed by atoms with Crippen LogP contribution in [0.4, 0.5) is 11.4 Å². The number of benzene rings is 2. The Bertz CT molecular complexity index is 535. The highest BCUT2D eigenvalue weighted by Crippen LogP contribution is 2.26. The van der Waals surface area contributed by atoms with E-state index in [1.807, 2.05) is 36.0 Å². The summed E-state index contributed by atoms with van der Waals surface area (Å²) in [6.45, 7) is 2.10. The van der Waals surface area contributed by atoms with Crippen LogP contribution in [0, 0.1) is 6.92 Å². The van der Waals surface area contributed by atoms with Crippen molar-refractivity contribution in [2.45, 2.75) is 24.7 Å². The van der Waals surface area contributed by atoms with E-state index in [4.69, 9.17) is 11.5 Å². The van der Waals surface area contributed by atoms with Gasteiger partial charge in [0.2, 0.25) is 0 Å². The summed E-state index contributed by atoms with van der Waals surface area (Å²) >= 11 is 1.83. The first-order valence-corrected chi connectivity index (χ1v) is 7.47. The zero-order chi connectivity index (χ0) is 13.7. The summed E-state index contributed by atoms with van der Waals surface area (Å²) < 4.78 is 0. The minimum Gasteiger partial charge on any atom is -0.399 e. The quantitative estimate of drug-likeness (QED) is 0.493. The Balaban J connectivity index is 1.80. The minimum absolute atomic E-state index is 0.825. The van der Waals surface area contributed by atoms with Gasteiger partial charge in [0.1, 0.15) is 0 Å². The van der Waals surface area contributed by atoms with Gasteiger partial charge in [-0.15, -0.1) is 11.8 Å². The number of aryl methyl sites for hydroxylation is 2. The summed E-state index contributed by atoms with van der Waals surface area (Å²) in [5.74, 6) is 1.08. The first-order chi connectivity index (χ1) is 9.15. The maximum atomic E-state index is 5.96. The highest BCUT2D eigenvalue weighted by molar-refractivity contribution is 7.99. The Morgan fingerprint density at radius 2 is 1.74 bits per heavy atom. The van der Waals surface area contributed by atoms with Crippen LogP contribution < -0.4 is 11.5 Å². The predicted octanol–water partition coefficient (Wildman–Crippen LogP) is 3.88. The molecular formula is C16H20N2S. The van der Waals surface area contributed by atoms with Crippen LogP contribution >= 0.6 is 11.8 Å². The Labute approximate surface area is 119 Å². The van der Waals surface area contributed by atoms with Gasteiger partial charge in [-0.1, -0.05) is 18.2 Å². The molecule has 0 unspecified atom stereocenters. The van der Waals surface area contributed by atoms with E-state index < -0.39 is 0 Å². The average molecular weight is 272 g/mol. The molecule has 2 nitrogen and oxygen atoms in total. The molecule has 0 aliphatic carbocycles. The molecule has 2 aromatic carbocycles. The second-order valence-corrected chi connectivity index (χ2v) is 5.87. The molecular weight excluding hydrogens is 252 g/mol. The lowest BCUT2D eigenvalue weighted by Gasteiger charge is -2.06. The Kier molecular flexibility index (Phi) is 4.74. The third kappa shape index (κ3) is 4.21. The van der Waals surface area contributed by atoms with Crippen molar-refractivity contribution in [3.63, 3.8) is 0 Å². The van der Waals surface area contributed by atoms with Gasteiger partial charge < -0.3 is 11.5 Å². The number of hydrogen-bond donors (Lipinski definition) is 2. The third-order valence-electron chi connectivity index (χ3n) is 3.02. The van der Waals surface area contributed by atoms with Gasteiger partial charge in [0.15, 0.2) is 0 Å². The fourth-order valence-electron chi connectivity index (χ4n) is 1.91. The molecule has 4 N–H and O–H groups in total. The van der Waals surface area contributed by atoms with Crippen LogP contribution in [-0.2, 0) is 6.42 Å². The van der Waals surface area contributed by atoms with Crippen molar-refractivity contribution < 1.29 is 0 Å². The Morgan fingerprint density at radius 1 is 1.00 bits per heavy atom.